The quantitative estimate of drug-likeness (QED) is 0.782. The average molecular weight is 358 g/mol. The van der Waals surface area contributed by atoms with Crippen LogP contribution in [0, 0.1) is 6.92 Å². The number of piperidine rings is 1. The second-order valence-electron chi connectivity index (χ2n) is 6.95. The molecule has 4 heterocycles. The van der Waals surface area contributed by atoms with Gasteiger partial charge in [-0.3, -0.25) is 4.79 Å². The highest BCUT2D eigenvalue weighted by Gasteiger charge is 2.44. The lowest BCUT2D eigenvalue weighted by Crippen LogP contribution is -2.49. The lowest BCUT2D eigenvalue weighted by molar-refractivity contribution is -0.0969. The Hall–Kier alpha value is -2.55. The van der Waals surface area contributed by atoms with E-state index in [2.05, 4.69) is 15.2 Å². The highest BCUT2D eigenvalue weighted by atomic mass is 16.5. The average Bonchev–Trinajstić information content (AvgIpc) is 3.08. The molecule has 1 fully saturated rings. The van der Waals surface area contributed by atoms with E-state index in [4.69, 9.17) is 14.1 Å². The molecule has 4 rings (SSSR count). The number of ether oxygens (including phenoxy) is 1. The van der Waals surface area contributed by atoms with Gasteiger partial charge in [0.05, 0.1) is 12.3 Å². The van der Waals surface area contributed by atoms with Gasteiger partial charge in [0.25, 0.3) is 0 Å². The summed E-state index contributed by atoms with van der Waals surface area (Å²) >= 11 is 0. The summed E-state index contributed by atoms with van der Waals surface area (Å²) in [7, 11) is 3.84. The Morgan fingerprint density at radius 3 is 2.69 bits per heavy atom. The van der Waals surface area contributed by atoms with Gasteiger partial charge in [0.2, 0.25) is 11.8 Å². The first-order valence-corrected chi connectivity index (χ1v) is 8.75. The maximum atomic E-state index is 12.5. The Labute approximate surface area is 151 Å². The van der Waals surface area contributed by atoms with Gasteiger partial charge in [0.1, 0.15) is 5.60 Å². The largest absolute Gasteiger partial charge is 0.417 e. The molecule has 2 aliphatic rings. The molecule has 0 aliphatic carbocycles. The molecule has 0 unspecified atom stereocenters. The van der Waals surface area contributed by atoms with Crippen molar-refractivity contribution in [3.05, 3.63) is 29.2 Å². The second-order valence-corrected chi connectivity index (χ2v) is 6.95. The van der Waals surface area contributed by atoms with E-state index in [0.717, 1.165) is 17.7 Å². The smallest absolute Gasteiger partial charge is 0.311 e. The van der Waals surface area contributed by atoms with Crippen LogP contribution >= 0.6 is 0 Å². The molecule has 0 aromatic carbocycles. The summed E-state index contributed by atoms with van der Waals surface area (Å²) in [6.07, 6.45) is 4.08. The minimum absolute atomic E-state index is 0.0423. The highest BCUT2D eigenvalue weighted by molar-refractivity contribution is 5.89. The van der Waals surface area contributed by atoms with Crippen LogP contribution in [0.5, 0.6) is 0 Å². The third kappa shape index (κ3) is 2.82. The Bertz CT molecular complexity index is 826. The molecule has 138 valence electrons. The zero-order chi connectivity index (χ0) is 18.3. The predicted molar refractivity (Wildman–Crippen MR) is 91.9 cm³/mol. The van der Waals surface area contributed by atoms with Gasteiger partial charge < -0.3 is 19.0 Å². The van der Waals surface area contributed by atoms with Crippen molar-refractivity contribution in [3.63, 3.8) is 0 Å². The Morgan fingerprint density at radius 1 is 1.27 bits per heavy atom. The molecule has 2 aromatic rings. The van der Waals surface area contributed by atoms with Crippen molar-refractivity contribution < 1.29 is 13.9 Å². The van der Waals surface area contributed by atoms with Gasteiger partial charge >= 0.3 is 11.8 Å². The number of aryl methyl sites for hydroxylation is 1. The number of hydrogen-bond acceptors (Lipinski definition) is 8. The molecule has 26 heavy (non-hydrogen) atoms. The number of rotatable bonds is 2. The van der Waals surface area contributed by atoms with Gasteiger partial charge in [-0.1, -0.05) is 0 Å². The fourth-order valence-corrected chi connectivity index (χ4v) is 3.59. The molecule has 9 heteroatoms. The van der Waals surface area contributed by atoms with Gasteiger partial charge in [-0.05, 0) is 24.8 Å². The fraction of sp³-hybridized carbons (Fsp3) is 0.588. The Kier molecular flexibility index (Phi) is 4.10. The van der Waals surface area contributed by atoms with E-state index in [1.54, 1.807) is 11.8 Å². The van der Waals surface area contributed by atoms with Crippen molar-refractivity contribution in [2.75, 3.05) is 38.7 Å². The number of amides is 1. The van der Waals surface area contributed by atoms with E-state index in [1.165, 1.54) is 0 Å². The van der Waals surface area contributed by atoms with Gasteiger partial charge in [0, 0.05) is 40.3 Å². The van der Waals surface area contributed by atoms with Crippen molar-refractivity contribution in [1.82, 2.24) is 25.1 Å². The van der Waals surface area contributed by atoms with Crippen molar-refractivity contribution in [2.24, 2.45) is 0 Å². The summed E-state index contributed by atoms with van der Waals surface area (Å²) in [5.41, 5.74) is 1.64. The van der Waals surface area contributed by atoms with Crippen LogP contribution in [0.25, 0.3) is 0 Å². The molecule has 2 aliphatic heterocycles. The standard InChI is InChI=1S/C17H22N6O3/c1-11-20-21-14(26-11)15(24)23-7-5-17(6-8-23)13-12(4-9-25-17)10-18-16(19-13)22(2)3/h10H,4-9H2,1-3H3. The maximum Gasteiger partial charge on any atom is 0.311 e. The number of fused-ring (bicyclic) bond motifs is 2. The SMILES string of the molecule is Cc1nnc(C(=O)N2CCC3(CC2)OCCc2cnc(N(C)C)nc23)o1. The van der Waals surface area contributed by atoms with Gasteiger partial charge in [0.15, 0.2) is 0 Å². The first-order chi connectivity index (χ1) is 12.5. The zero-order valence-corrected chi connectivity index (χ0v) is 15.2. The molecule has 1 amide bonds. The van der Waals surface area contributed by atoms with Crippen LogP contribution in [0.1, 0.15) is 40.7 Å². The molecule has 0 atom stereocenters. The molecule has 9 nitrogen and oxygen atoms in total. The fourth-order valence-electron chi connectivity index (χ4n) is 3.59. The highest BCUT2D eigenvalue weighted by Crippen LogP contribution is 2.40. The molecule has 1 spiro atoms. The van der Waals surface area contributed by atoms with Crippen LogP contribution in [0.15, 0.2) is 10.6 Å². The van der Waals surface area contributed by atoms with Crippen molar-refractivity contribution >= 4 is 11.9 Å². The molecule has 0 radical (unpaired) electrons. The molecule has 0 bridgehead atoms. The van der Waals surface area contributed by atoms with E-state index >= 15 is 0 Å². The topological polar surface area (TPSA) is 97.5 Å². The van der Waals surface area contributed by atoms with Crippen LogP contribution in [0.4, 0.5) is 5.95 Å². The maximum absolute atomic E-state index is 12.5. The minimum Gasteiger partial charge on any atom is -0.417 e. The number of aromatic nitrogens is 4. The predicted octanol–water partition coefficient (Wildman–Crippen LogP) is 0.938. The van der Waals surface area contributed by atoms with Crippen molar-refractivity contribution in [2.45, 2.75) is 31.8 Å². The van der Waals surface area contributed by atoms with E-state index in [1.807, 2.05) is 25.2 Å². The summed E-state index contributed by atoms with van der Waals surface area (Å²) in [5, 5.41) is 7.56. The zero-order valence-electron chi connectivity index (χ0n) is 15.2. The van der Waals surface area contributed by atoms with Crippen LogP contribution in [-0.2, 0) is 16.8 Å². The van der Waals surface area contributed by atoms with Crippen LogP contribution in [0.2, 0.25) is 0 Å². The molecular weight excluding hydrogens is 336 g/mol. The lowest BCUT2D eigenvalue weighted by atomic mass is 9.83. The number of hydrogen-bond donors (Lipinski definition) is 0. The summed E-state index contributed by atoms with van der Waals surface area (Å²) < 4.78 is 11.5. The van der Waals surface area contributed by atoms with Crippen LogP contribution in [-0.4, -0.2) is 64.8 Å². The van der Waals surface area contributed by atoms with Crippen molar-refractivity contribution in [1.29, 1.82) is 0 Å². The summed E-state index contributed by atoms with van der Waals surface area (Å²) in [5.74, 6) is 0.876. The Morgan fingerprint density at radius 2 is 2.04 bits per heavy atom. The molecule has 0 N–H and O–H groups in total. The first-order valence-electron chi connectivity index (χ1n) is 8.75. The van der Waals surface area contributed by atoms with E-state index in [-0.39, 0.29) is 11.8 Å². The number of nitrogens with zero attached hydrogens (tertiary/aromatic N) is 6. The van der Waals surface area contributed by atoms with E-state index in [9.17, 15) is 4.79 Å². The third-order valence-electron chi connectivity index (χ3n) is 5.00. The van der Waals surface area contributed by atoms with Gasteiger partial charge in [-0.15, -0.1) is 10.2 Å². The summed E-state index contributed by atoms with van der Waals surface area (Å²) in [4.78, 5) is 25.3. The van der Waals surface area contributed by atoms with Crippen LogP contribution < -0.4 is 4.90 Å². The lowest BCUT2D eigenvalue weighted by Gasteiger charge is -2.43. The monoisotopic (exact) mass is 358 g/mol. The number of carbonyl (C=O) groups is 1. The molecule has 2 aromatic heterocycles. The van der Waals surface area contributed by atoms with Crippen LogP contribution in [0.3, 0.4) is 0 Å². The normalized spacial score (nSPS) is 18.7. The minimum atomic E-state index is -0.456. The molecule has 0 saturated carbocycles. The second kappa shape index (κ2) is 6.31. The summed E-state index contributed by atoms with van der Waals surface area (Å²) in [6.45, 7) is 3.43. The molecular formula is C17H22N6O3. The van der Waals surface area contributed by atoms with Gasteiger partial charge in [-0.25, -0.2) is 9.97 Å². The first kappa shape index (κ1) is 16.9. The number of likely N-dealkylation sites (tertiary alicyclic amines) is 1. The van der Waals surface area contributed by atoms with E-state index < -0.39 is 5.60 Å². The Balaban J connectivity index is 1.56. The van der Waals surface area contributed by atoms with E-state index in [0.29, 0.717) is 44.4 Å². The number of anilines is 1. The van der Waals surface area contributed by atoms with Gasteiger partial charge in [-0.2, -0.15) is 0 Å². The summed E-state index contributed by atoms with van der Waals surface area (Å²) in [6, 6.07) is 0. The van der Waals surface area contributed by atoms with Crippen molar-refractivity contribution in [3.8, 4) is 0 Å². The number of carbonyl (C=O) groups excluding carboxylic acids is 1. The molecule has 1 saturated heterocycles. The third-order valence-corrected chi connectivity index (χ3v) is 5.00.